The lowest BCUT2D eigenvalue weighted by atomic mass is 10.1. The zero-order chi connectivity index (χ0) is 17.6. The van der Waals surface area contributed by atoms with Crippen LogP contribution in [0.1, 0.15) is 23.0 Å². The van der Waals surface area contributed by atoms with Crippen LogP contribution >= 0.6 is 15.9 Å². The van der Waals surface area contributed by atoms with E-state index in [0.717, 1.165) is 16.6 Å². The minimum absolute atomic E-state index is 0.255. The fraction of sp³-hybridized carbons (Fsp3) is 0.105. The number of carbonyl (C=O) groups excluding carboxylic acids is 1. The van der Waals surface area contributed by atoms with Gasteiger partial charge in [0.05, 0.1) is 18.1 Å². The molecule has 6 heteroatoms. The summed E-state index contributed by atoms with van der Waals surface area (Å²) in [7, 11) is 0. The Balaban J connectivity index is 1.72. The van der Waals surface area contributed by atoms with E-state index in [-0.39, 0.29) is 11.6 Å². The summed E-state index contributed by atoms with van der Waals surface area (Å²) in [5.41, 5.74) is 3.13. The maximum Gasteiger partial charge on any atom is 0.275 e. The number of rotatable bonds is 5. The topological polar surface area (TPSA) is 66.9 Å². The Labute approximate surface area is 154 Å². The highest BCUT2D eigenvalue weighted by molar-refractivity contribution is 9.10. The molecule has 0 saturated carbocycles. The Morgan fingerprint density at radius 2 is 1.72 bits per heavy atom. The van der Waals surface area contributed by atoms with Crippen LogP contribution in [0.15, 0.2) is 65.4 Å². The molecule has 126 valence electrons. The maximum atomic E-state index is 12.3. The minimum atomic E-state index is -0.306. The quantitative estimate of drug-likeness (QED) is 0.649. The monoisotopic (exact) mass is 396 g/mol. The number of nitrogens with zero attached hydrogens (tertiary/aromatic N) is 2. The standard InChI is InChI=1S/C19H17BrN4O/c1-2-13-7-3-5-9-15(13)23-18-12-21-17(11-22-18)19(25)24-16-10-6-4-8-14(16)20/h3-12H,2H2,1H3,(H,22,23)(H,24,25). The number of para-hydroxylation sites is 2. The van der Waals surface area contributed by atoms with Crippen LogP contribution in [0.25, 0.3) is 0 Å². The molecular weight excluding hydrogens is 380 g/mol. The first-order chi connectivity index (χ1) is 12.2. The molecule has 5 nitrogen and oxygen atoms in total. The number of carbonyl (C=O) groups is 1. The summed E-state index contributed by atoms with van der Waals surface area (Å²) < 4.78 is 0.811. The highest BCUT2D eigenvalue weighted by atomic mass is 79.9. The molecule has 1 heterocycles. The summed E-state index contributed by atoms with van der Waals surface area (Å²) >= 11 is 3.40. The van der Waals surface area contributed by atoms with E-state index in [4.69, 9.17) is 0 Å². The number of anilines is 3. The first kappa shape index (κ1) is 17.1. The Morgan fingerprint density at radius 3 is 2.40 bits per heavy atom. The number of benzene rings is 2. The predicted molar refractivity (Wildman–Crippen MR) is 103 cm³/mol. The van der Waals surface area contributed by atoms with E-state index in [2.05, 4.69) is 49.5 Å². The number of hydrogen-bond acceptors (Lipinski definition) is 4. The van der Waals surface area contributed by atoms with Gasteiger partial charge in [0, 0.05) is 10.2 Å². The van der Waals surface area contributed by atoms with Crippen molar-refractivity contribution in [1.29, 1.82) is 0 Å². The molecule has 0 aliphatic rings. The third-order valence-electron chi connectivity index (χ3n) is 3.67. The number of aromatic nitrogens is 2. The fourth-order valence-corrected chi connectivity index (χ4v) is 2.73. The molecule has 0 radical (unpaired) electrons. The lowest BCUT2D eigenvalue weighted by Crippen LogP contribution is -2.14. The molecule has 2 aromatic carbocycles. The molecule has 25 heavy (non-hydrogen) atoms. The highest BCUT2D eigenvalue weighted by Crippen LogP contribution is 2.22. The van der Waals surface area contributed by atoms with Crippen molar-refractivity contribution in [3.8, 4) is 0 Å². The molecule has 1 aromatic heterocycles. The van der Waals surface area contributed by atoms with Gasteiger partial charge in [-0.3, -0.25) is 4.79 Å². The van der Waals surface area contributed by atoms with Gasteiger partial charge < -0.3 is 10.6 Å². The van der Waals surface area contributed by atoms with Gasteiger partial charge in [0.25, 0.3) is 5.91 Å². The lowest BCUT2D eigenvalue weighted by Gasteiger charge is -2.10. The number of aryl methyl sites for hydroxylation is 1. The molecule has 0 saturated heterocycles. The highest BCUT2D eigenvalue weighted by Gasteiger charge is 2.10. The third kappa shape index (κ3) is 4.22. The third-order valence-corrected chi connectivity index (χ3v) is 4.36. The number of amides is 1. The van der Waals surface area contributed by atoms with Crippen molar-refractivity contribution in [3.05, 3.63) is 76.7 Å². The second-order valence-corrected chi connectivity index (χ2v) is 6.21. The van der Waals surface area contributed by atoms with E-state index in [1.165, 1.54) is 11.8 Å². The first-order valence-corrected chi connectivity index (χ1v) is 8.69. The summed E-state index contributed by atoms with van der Waals surface area (Å²) in [5.74, 6) is 0.290. The predicted octanol–water partition coefficient (Wildman–Crippen LogP) is 4.80. The summed E-state index contributed by atoms with van der Waals surface area (Å²) in [4.78, 5) is 20.8. The van der Waals surface area contributed by atoms with Crippen molar-refractivity contribution in [2.24, 2.45) is 0 Å². The van der Waals surface area contributed by atoms with Crippen LogP contribution in [0.2, 0.25) is 0 Å². The number of halogens is 1. The van der Waals surface area contributed by atoms with Gasteiger partial charge in [-0.05, 0) is 46.1 Å². The van der Waals surface area contributed by atoms with Crippen molar-refractivity contribution in [3.63, 3.8) is 0 Å². The summed E-state index contributed by atoms with van der Waals surface area (Å²) in [5, 5.41) is 6.04. The zero-order valence-corrected chi connectivity index (χ0v) is 15.2. The van der Waals surface area contributed by atoms with E-state index in [0.29, 0.717) is 11.5 Å². The van der Waals surface area contributed by atoms with E-state index in [1.54, 1.807) is 6.20 Å². The maximum absolute atomic E-state index is 12.3. The van der Waals surface area contributed by atoms with Gasteiger partial charge in [0.2, 0.25) is 0 Å². The second kappa shape index (κ2) is 7.90. The summed E-state index contributed by atoms with van der Waals surface area (Å²) in [6.07, 6.45) is 3.94. The van der Waals surface area contributed by atoms with Crippen molar-refractivity contribution in [2.45, 2.75) is 13.3 Å². The largest absolute Gasteiger partial charge is 0.339 e. The van der Waals surface area contributed by atoms with Crippen molar-refractivity contribution in [2.75, 3.05) is 10.6 Å². The van der Waals surface area contributed by atoms with E-state index >= 15 is 0 Å². The fourth-order valence-electron chi connectivity index (χ4n) is 2.35. The Bertz CT molecular complexity index is 881. The number of hydrogen-bond donors (Lipinski definition) is 2. The van der Waals surface area contributed by atoms with Gasteiger partial charge in [-0.2, -0.15) is 0 Å². The molecule has 0 spiro atoms. The first-order valence-electron chi connectivity index (χ1n) is 7.90. The molecule has 0 aliphatic carbocycles. The van der Waals surface area contributed by atoms with Crippen LogP contribution in [0.4, 0.5) is 17.2 Å². The van der Waals surface area contributed by atoms with E-state index in [9.17, 15) is 4.79 Å². The molecule has 2 N–H and O–H groups in total. The van der Waals surface area contributed by atoms with Crippen LogP contribution < -0.4 is 10.6 Å². The molecule has 0 atom stereocenters. The summed E-state index contributed by atoms with van der Waals surface area (Å²) in [6.45, 7) is 2.10. The van der Waals surface area contributed by atoms with E-state index in [1.807, 2.05) is 42.5 Å². The molecular formula is C19H17BrN4O. The van der Waals surface area contributed by atoms with Crippen LogP contribution in [0.5, 0.6) is 0 Å². The van der Waals surface area contributed by atoms with Gasteiger partial charge in [-0.15, -0.1) is 0 Å². The zero-order valence-electron chi connectivity index (χ0n) is 13.7. The molecule has 1 amide bonds. The Hall–Kier alpha value is -2.73. The molecule has 0 unspecified atom stereocenters. The van der Waals surface area contributed by atoms with Crippen molar-refractivity contribution >= 4 is 39.0 Å². The molecule has 3 rings (SSSR count). The average Bonchev–Trinajstić information content (AvgIpc) is 2.64. The lowest BCUT2D eigenvalue weighted by molar-refractivity contribution is 0.102. The van der Waals surface area contributed by atoms with Crippen molar-refractivity contribution < 1.29 is 4.79 Å². The van der Waals surface area contributed by atoms with Crippen molar-refractivity contribution in [1.82, 2.24) is 9.97 Å². The minimum Gasteiger partial charge on any atom is -0.339 e. The molecule has 0 aliphatic heterocycles. The smallest absolute Gasteiger partial charge is 0.275 e. The molecule has 0 fully saturated rings. The molecule has 3 aromatic rings. The van der Waals surface area contributed by atoms with Crippen LogP contribution in [-0.4, -0.2) is 15.9 Å². The second-order valence-electron chi connectivity index (χ2n) is 5.36. The normalized spacial score (nSPS) is 10.3. The van der Waals surface area contributed by atoms with Gasteiger partial charge in [0.15, 0.2) is 0 Å². The SMILES string of the molecule is CCc1ccccc1Nc1cnc(C(=O)Nc2ccccc2Br)cn1. The van der Waals surface area contributed by atoms with Gasteiger partial charge in [-0.1, -0.05) is 37.3 Å². The van der Waals surface area contributed by atoms with Gasteiger partial charge in [-0.25, -0.2) is 9.97 Å². The average molecular weight is 397 g/mol. The van der Waals surface area contributed by atoms with Gasteiger partial charge in [0.1, 0.15) is 11.5 Å². The van der Waals surface area contributed by atoms with Crippen LogP contribution in [0.3, 0.4) is 0 Å². The Kier molecular flexibility index (Phi) is 5.40. The molecule has 0 bridgehead atoms. The summed E-state index contributed by atoms with van der Waals surface area (Å²) in [6, 6.07) is 15.4. The number of nitrogens with one attached hydrogen (secondary N) is 2. The van der Waals surface area contributed by atoms with E-state index < -0.39 is 0 Å². The van der Waals surface area contributed by atoms with Crippen LogP contribution in [-0.2, 0) is 6.42 Å². The van der Waals surface area contributed by atoms with Crippen LogP contribution in [0, 0.1) is 0 Å². The Morgan fingerprint density at radius 1 is 1.00 bits per heavy atom. The van der Waals surface area contributed by atoms with Gasteiger partial charge >= 0.3 is 0 Å².